The molecule has 28 heavy (non-hydrogen) atoms. The van der Waals surface area contributed by atoms with E-state index in [0.29, 0.717) is 16.5 Å². The predicted molar refractivity (Wildman–Crippen MR) is 108 cm³/mol. The SMILES string of the molecule is O=S(=O)(N[C@@H](c1nnc(-c2ccccc2)o1)c1ccccc1Cl)c1cccs1. The Morgan fingerprint density at radius 3 is 2.43 bits per heavy atom. The number of sulfonamides is 1. The molecule has 4 aromatic rings. The van der Waals surface area contributed by atoms with E-state index in [4.69, 9.17) is 16.0 Å². The zero-order valence-corrected chi connectivity index (χ0v) is 16.7. The van der Waals surface area contributed by atoms with E-state index in [1.807, 2.05) is 30.3 Å². The number of thiophene rings is 1. The molecule has 4 rings (SSSR count). The van der Waals surface area contributed by atoms with Crippen LogP contribution in [-0.2, 0) is 10.0 Å². The first kappa shape index (κ1) is 18.8. The van der Waals surface area contributed by atoms with Crippen molar-refractivity contribution in [3.63, 3.8) is 0 Å². The molecule has 0 unspecified atom stereocenters. The number of benzene rings is 2. The molecule has 0 bridgehead atoms. The van der Waals surface area contributed by atoms with Gasteiger partial charge in [0.05, 0.1) is 0 Å². The topological polar surface area (TPSA) is 85.1 Å². The van der Waals surface area contributed by atoms with Crippen LogP contribution in [0.5, 0.6) is 0 Å². The molecule has 6 nitrogen and oxygen atoms in total. The highest BCUT2D eigenvalue weighted by Gasteiger charge is 2.29. The Morgan fingerprint density at radius 1 is 0.964 bits per heavy atom. The third kappa shape index (κ3) is 3.85. The second-order valence-electron chi connectivity index (χ2n) is 5.82. The summed E-state index contributed by atoms with van der Waals surface area (Å²) < 4.78 is 34.2. The molecule has 0 aliphatic carbocycles. The zero-order chi connectivity index (χ0) is 19.6. The van der Waals surface area contributed by atoms with Crippen molar-refractivity contribution in [2.24, 2.45) is 0 Å². The normalized spacial score (nSPS) is 12.8. The van der Waals surface area contributed by atoms with E-state index >= 15 is 0 Å². The van der Waals surface area contributed by atoms with E-state index in [1.165, 1.54) is 6.07 Å². The third-order valence-electron chi connectivity index (χ3n) is 3.96. The summed E-state index contributed by atoms with van der Waals surface area (Å²) in [6, 6.07) is 18.4. The number of halogens is 1. The molecule has 2 aromatic carbocycles. The van der Waals surface area contributed by atoms with Gasteiger partial charge >= 0.3 is 0 Å². The molecule has 0 aliphatic heterocycles. The monoisotopic (exact) mass is 431 g/mol. The molecule has 0 aliphatic rings. The molecule has 0 saturated heterocycles. The van der Waals surface area contributed by atoms with Gasteiger partial charge in [-0.3, -0.25) is 0 Å². The molecule has 0 fully saturated rings. The first-order valence-electron chi connectivity index (χ1n) is 8.24. The number of aromatic nitrogens is 2. The van der Waals surface area contributed by atoms with Crippen molar-refractivity contribution in [2.45, 2.75) is 10.3 Å². The van der Waals surface area contributed by atoms with E-state index in [2.05, 4.69) is 14.9 Å². The molecule has 0 amide bonds. The van der Waals surface area contributed by atoms with Gasteiger partial charge in [0.1, 0.15) is 10.3 Å². The lowest BCUT2D eigenvalue weighted by atomic mass is 10.1. The fourth-order valence-electron chi connectivity index (χ4n) is 2.63. The van der Waals surface area contributed by atoms with Crippen LogP contribution < -0.4 is 4.72 Å². The largest absolute Gasteiger partial charge is 0.419 e. The van der Waals surface area contributed by atoms with Crippen molar-refractivity contribution in [3.05, 3.63) is 88.6 Å². The van der Waals surface area contributed by atoms with Gasteiger partial charge in [0.15, 0.2) is 0 Å². The van der Waals surface area contributed by atoms with Crippen molar-refractivity contribution in [3.8, 4) is 11.5 Å². The summed E-state index contributed by atoms with van der Waals surface area (Å²) in [5.41, 5.74) is 1.26. The summed E-state index contributed by atoms with van der Waals surface area (Å²) >= 11 is 7.44. The van der Waals surface area contributed by atoms with Crippen LogP contribution in [-0.4, -0.2) is 18.6 Å². The summed E-state index contributed by atoms with van der Waals surface area (Å²) in [6.07, 6.45) is 0. The van der Waals surface area contributed by atoms with Crippen molar-refractivity contribution < 1.29 is 12.8 Å². The lowest BCUT2D eigenvalue weighted by Gasteiger charge is -2.16. The van der Waals surface area contributed by atoms with Gasteiger partial charge in [-0.25, -0.2) is 8.42 Å². The molecule has 2 heterocycles. The predicted octanol–water partition coefficient (Wildman–Crippen LogP) is 4.52. The number of hydrogen-bond acceptors (Lipinski definition) is 6. The van der Waals surface area contributed by atoms with Crippen LogP contribution in [0, 0.1) is 0 Å². The Hall–Kier alpha value is -2.52. The Balaban J connectivity index is 1.76. The molecular weight excluding hydrogens is 418 g/mol. The van der Waals surface area contributed by atoms with E-state index in [9.17, 15) is 8.42 Å². The summed E-state index contributed by atoms with van der Waals surface area (Å²) in [7, 11) is -3.80. The smallest absolute Gasteiger partial charge is 0.251 e. The number of nitrogens with one attached hydrogen (secondary N) is 1. The van der Waals surface area contributed by atoms with Crippen LogP contribution in [0.25, 0.3) is 11.5 Å². The average Bonchev–Trinajstić information content (AvgIpc) is 3.40. The van der Waals surface area contributed by atoms with Crippen molar-refractivity contribution in [2.75, 3.05) is 0 Å². The first-order valence-corrected chi connectivity index (χ1v) is 11.0. The minimum absolute atomic E-state index is 0.104. The van der Waals surface area contributed by atoms with Gasteiger partial charge in [-0.15, -0.1) is 21.5 Å². The highest BCUT2D eigenvalue weighted by atomic mass is 35.5. The first-order chi connectivity index (χ1) is 13.5. The van der Waals surface area contributed by atoms with Crippen molar-refractivity contribution in [1.82, 2.24) is 14.9 Å². The van der Waals surface area contributed by atoms with E-state index in [-0.39, 0.29) is 10.1 Å². The van der Waals surface area contributed by atoms with E-state index < -0.39 is 16.1 Å². The number of nitrogens with zero attached hydrogens (tertiary/aromatic N) is 2. The molecular formula is C19H14ClN3O3S2. The molecule has 2 aromatic heterocycles. The molecule has 1 N–H and O–H groups in total. The van der Waals surface area contributed by atoms with Gasteiger partial charge in [-0.2, -0.15) is 4.72 Å². The molecule has 0 radical (unpaired) electrons. The van der Waals surface area contributed by atoms with Crippen molar-refractivity contribution in [1.29, 1.82) is 0 Å². The lowest BCUT2D eigenvalue weighted by molar-refractivity contribution is 0.465. The van der Waals surface area contributed by atoms with Gasteiger partial charge in [0.2, 0.25) is 11.8 Å². The average molecular weight is 432 g/mol. The van der Waals surface area contributed by atoms with Crippen LogP contribution in [0.4, 0.5) is 0 Å². The maximum Gasteiger partial charge on any atom is 0.251 e. The Labute approximate surface area is 170 Å². The standard InChI is InChI=1S/C19H14ClN3O3S2/c20-15-10-5-4-9-14(15)17(23-28(24,25)16-11-6-12-27-16)19-22-21-18(26-19)13-7-2-1-3-8-13/h1-12,17,23H/t17-/m1/s1. The highest BCUT2D eigenvalue weighted by molar-refractivity contribution is 7.91. The molecule has 9 heteroatoms. The van der Waals surface area contributed by atoms with Gasteiger partial charge in [0.25, 0.3) is 10.0 Å². The van der Waals surface area contributed by atoms with Gasteiger partial charge < -0.3 is 4.42 Å². The number of rotatable bonds is 6. The van der Waals surface area contributed by atoms with Gasteiger partial charge in [-0.1, -0.05) is 54.1 Å². The zero-order valence-electron chi connectivity index (χ0n) is 14.3. The minimum Gasteiger partial charge on any atom is -0.419 e. The highest BCUT2D eigenvalue weighted by Crippen LogP contribution is 2.31. The maximum atomic E-state index is 12.8. The second-order valence-corrected chi connectivity index (χ2v) is 9.12. The van der Waals surface area contributed by atoms with E-state index in [1.54, 1.807) is 35.7 Å². The summed E-state index contributed by atoms with van der Waals surface area (Å²) in [5, 5.41) is 10.2. The molecule has 1 atom stereocenters. The van der Waals surface area contributed by atoms with Gasteiger partial charge in [0, 0.05) is 10.6 Å². The van der Waals surface area contributed by atoms with Crippen molar-refractivity contribution >= 4 is 33.0 Å². The second kappa shape index (κ2) is 7.84. The molecule has 142 valence electrons. The number of hydrogen-bond donors (Lipinski definition) is 1. The van der Waals surface area contributed by atoms with Gasteiger partial charge in [-0.05, 0) is 35.2 Å². The molecule has 0 saturated carbocycles. The summed E-state index contributed by atoms with van der Waals surface area (Å²) in [4.78, 5) is 0. The van der Waals surface area contributed by atoms with E-state index in [0.717, 1.165) is 16.9 Å². The van der Waals surface area contributed by atoms with Crippen LogP contribution in [0.3, 0.4) is 0 Å². The summed E-state index contributed by atoms with van der Waals surface area (Å²) in [5.74, 6) is 0.398. The lowest BCUT2D eigenvalue weighted by Crippen LogP contribution is -2.29. The van der Waals surface area contributed by atoms with Crippen LogP contribution in [0.1, 0.15) is 17.5 Å². The van der Waals surface area contributed by atoms with Crippen LogP contribution >= 0.6 is 22.9 Å². The Morgan fingerprint density at radius 2 is 1.71 bits per heavy atom. The third-order valence-corrected chi connectivity index (χ3v) is 7.12. The minimum atomic E-state index is -3.80. The maximum absolute atomic E-state index is 12.8. The Kier molecular flexibility index (Phi) is 5.27. The van der Waals surface area contributed by atoms with Crippen LogP contribution in [0.15, 0.2) is 80.7 Å². The Bertz CT molecular complexity index is 1180. The van der Waals surface area contributed by atoms with Crippen LogP contribution in [0.2, 0.25) is 5.02 Å². The quantitative estimate of drug-likeness (QED) is 0.485. The fourth-order valence-corrected chi connectivity index (χ4v) is 5.06. The fraction of sp³-hybridized carbons (Fsp3) is 0.0526. The summed E-state index contributed by atoms with van der Waals surface area (Å²) in [6.45, 7) is 0. The molecule has 0 spiro atoms.